The third kappa shape index (κ3) is 4.27. The van der Waals surface area contributed by atoms with Gasteiger partial charge in [0.15, 0.2) is 0 Å². The highest BCUT2D eigenvalue weighted by Gasteiger charge is 2.35. The molecule has 0 aromatic carbocycles. The molecule has 2 aliphatic rings. The molecule has 1 amide bonds. The van der Waals surface area contributed by atoms with E-state index < -0.39 is 0 Å². The predicted octanol–water partition coefficient (Wildman–Crippen LogP) is 2.13. The van der Waals surface area contributed by atoms with Gasteiger partial charge in [0.05, 0.1) is 29.7 Å². The first-order valence-electron chi connectivity index (χ1n) is 9.69. The molecule has 2 aromatic rings. The van der Waals surface area contributed by atoms with Gasteiger partial charge in [-0.1, -0.05) is 30.0 Å². The number of rotatable bonds is 7. The number of carbonyl (C=O) groups excluding carboxylic acids is 1. The van der Waals surface area contributed by atoms with Crippen molar-refractivity contribution in [1.29, 1.82) is 0 Å². The van der Waals surface area contributed by atoms with Gasteiger partial charge in [0, 0.05) is 26.5 Å². The molecular formula is C20H22N4O4S2. The van der Waals surface area contributed by atoms with E-state index in [0.29, 0.717) is 52.6 Å². The number of amides is 1. The van der Waals surface area contributed by atoms with Crippen LogP contribution in [0.4, 0.5) is 5.82 Å². The molecule has 4 rings (SSSR count). The molecule has 2 aromatic heterocycles. The van der Waals surface area contributed by atoms with E-state index in [9.17, 15) is 9.59 Å². The van der Waals surface area contributed by atoms with Crippen molar-refractivity contribution in [3.63, 3.8) is 0 Å². The van der Waals surface area contributed by atoms with Crippen LogP contribution in [0, 0.1) is 0 Å². The molecule has 8 nitrogen and oxygen atoms in total. The van der Waals surface area contributed by atoms with Gasteiger partial charge < -0.3 is 14.8 Å². The predicted molar refractivity (Wildman–Crippen MR) is 121 cm³/mol. The zero-order valence-electron chi connectivity index (χ0n) is 16.5. The lowest BCUT2D eigenvalue weighted by Gasteiger charge is -2.18. The van der Waals surface area contributed by atoms with Crippen molar-refractivity contribution in [3.05, 3.63) is 45.2 Å². The van der Waals surface area contributed by atoms with Gasteiger partial charge in [-0.15, -0.1) is 0 Å². The number of ether oxygens (including phenoxy) is 2. The molecule has 0 spiro atoms. The number of anilines is 1. The summed E-state index contributed by atoms with van der Waals surface area (Å²) in [5.41, 5.74) is 0.572. The molecule has 0 bridgehead atoms. The fourth-order valence-electron chi connectivity index (χ4n) is 3.42. The fraction of sp³-hybridized carbons (Fsp3) is 0.400. The highest BCUT2D eigenvalue weighted by atomic mass is 32.2. The summed E-state index contributed by atoms with van der Waals surface area (Å²) in [7, 11) is 1.60. The van der Waals surface area contributed by atoms with Crippen LogP contribution >= 0.6 is 24.0 Å². The summed E-state index contributed by atoms with van der Waals surface area (Å²) >= 11 is 6.61. The van der Waals surface area contributed by atoms with Gasteiger partial charge in [-0.25, -0.2) is 4.98 Å². The highest BCUT2D eigenvalue weighted by molar-refractivity contribution is 8.26. The number of nitrogens with zero attached hydrogens (tertiary/aromatic N) is 3. The van der Waals surface area contributed by atoms with Gasteiger partial charge in [-0.05, 0) is 31.1 Å². The van der Waals surface area contributed by atoms with E-state index in [1.165, 1.54) is 16.2 Å². The number of pyridine rings is 1. The molecule has 1 atom stereocenters. The molecule has 0 unspecified atom stereocenters. The van der Waals surface area contributed by atoms with E-state index in [-0.39, 0.29) is 17.6 Å². The van der Waals surface area contributed by atoms with Gasteiger partial charge in [0.2, 0.25) is 0 Å². The smallest absolute Gasteiger partial charge is 0.267 e. The second-order valence-electron chi connectivity index (χ2n) is 6.95. The average Bonchev–Trinajstić information content (AvgIpc) is 3.35. The number of hydrogen-bond acceptors (Lipinski definition) is 8. The Hall–Kier alpha value is -2.27. The Balaban J connectivity index is 1.69. The number of nitrogens with one attached hydrogen (secondary N) is 1. The molecule has 4 heterocycles. The van der Waals surface area contributed by atoms with Crippen LogP contribution in [0.1, 0.15) is 18.4 Å². The number of aromatic nitrogens is 2. The first-order valence-corrected chi connectivity index (χ1v) is 10.9. The van der Waals surface area contributed by atoms with Crippen LogP contribution in [-0.4, -0.2) is 64.0 Å². The lowest BCUT2D eigenvalue weighted by atomic mass is 10.2. The van der Waals surface area contributed by atoms with Crippen molar-refractivity contribution in [2.24, 2.45) is 0 Å². The van der Waals surface area contributed by atoms with E-state index in [2.05, 4.69) is 10.3 Å². The van der Waals surface area contributed by atoms with Crippen molar-refractivity contribution in [1.82, 2.24) is 14.3 Å². The van der Waals surface area contributed by atoms with Crippen LogP contribution in [0.25, 0.3) is 11.7 Å². The molecular weight excluding hydrogens is 424 g/mol. The van der Waals surface area contributed by atoms with Crippen LogP contribution in [0.3, 0.4) is 0 Å². The van der Waals surface area contributed by atoms with Crippen LogP contribution in [0.2, 0.25) is 0 Å². The zero-order valence-corrected chi connectivity index (χ0v) is 18.1. The zero-order chi connectivity index (χ0) is 21.1. The second kappa shape index (κ2) is 9.25. The fourth-order valence-corrected chi connectivity index (χ4v) is 4.68. The number of hydrogen-bond donors (Lipinski definition) is 1. The van der Waals surface area contributed by atoms with Gasteiger partial charge in [-0.2, -0.15) is 0 Å². The number of fused-ring (bicyclic) bond motifs is 1. The summed E-state index contributed by atoms with van der Waals surface area (Å²) in [6, 6.07) is 5.34. The maximum absolute atomic E-state index is 13.1. The van der Waals surface area contributed by atoms with Crippen molar-refractivity contribution in [2.45, 2.75) is 18.9 Å². The van der Waals surface area contributed by atoms with E-state index in [1.54, 1.807) is 36.4 Å². The minimum atomic E-state index is -0.259. The van der Waals surface area contributed by atoms with Crippen LogP contribution in [0.5, 0.6) is 0 Å². The maximum atomic E-state index is 13.1. The lowest BCUT2D eigenvalue weighted by Crippen LogP contribution is -2.35. The molecule has 0 saturated carbocycles. The molecule has 2 saturated heterocycles. The molecule has 30 heavy (non-hydrogen) atoms. The third-order valence-corrected chi connectivity index (χ3v) is 6.30. The summed E-state index contributed by atoms with van der Waals surface area (Å²) in [6.45, 7) is 2.09. The van der Waals surface area contributed by atoms with Crippen molar-refractivity contribution >= 4 is 51.7 Å². The molecule has 1 N–H and O–H groups in total. The van der Waals surface area contributed by atoms with Crippen LogP contribution in [-0.2, 0) is 14.3 Å². The quantitative estimate of drug-likeness (QED) is 0.393. The molecule has 10 heteroatoms. The number of thiocarbonyl (C=S) groups is 1. The standard InChI is InChI=1S/C20H22N4O4S2/c1-27-10-7-21-17-14(18(25)23-8-3-2-6-16(23)22-17)11-15-19(26)24(20(29)30-15)12-13-5-4-9-28-13/h2-3,6,8,11,13,21H,4-5,7,9-10,12H2,1H3/b15-11-/t13-/m1/s1. The van der Waals surface area contributed by atoms with Gasteiger partial charge in [0.1, 0.15) is 15.8 Å². The van der Waals surface area contributed by atoms with Gasteiger partial charge in [0.25, 0.3) is 11.5 Å². The molecule has 0 aliphatic carbocycles. The molecule has 2 fully saturated rings. The average molecular weight is 447 g/mol. The Morgan fingerprint density at radius 1 is 1.43 bits per heavy atom. The molecule has 2 aliphatic heterocycles. The van der Waals surface area contributed by atoms with Crippen molar-refractivity contribution < 1.29 is 14.3 Å². The van der Waals surface area contributed by atoms with Crippen LogP contribution < -0.4 is 10.9 Å². The topological polar surface area (TPSA) is 85.2 Å². The number of carbonyl (C=O) groups is 1. The number of methoxy groups -OCH3 is 1. The summed E-state index contributed by atoms with van der Waals surface area (Å²) in [5.74, 6) is 0.202. The Kier molecular flexibility index (Phi) is 6.47. The summed E-state index contributed by atoms with van der Waals surface area (Å²) in [5, 5.41) is 3.14. The van der Waals surface area contributed by atoms with E-state index in [4.69, 9.17) is 21.7 Å². The van der Waals surface area contributed by atoms with Crippen LogP contribution in [0.15, 0.2) is 34.1 Å². The van der Waals surface area contributed by atoms with E-state index in [0.717, 1.165) is 12.8 Å². The summed E-state index contributed by atoms with van der Waals surface area (Å²) in [6.07, 6.45) is 5.15. The Morgan fingerprint density at radius 2 is 2.30 bits per heavy atom. The summed E-state index contributed by atoms with van der Waals surface area (Å²) in [4.78, 5) is 32.6. The van der Waals surface area contributed by atoms with Crippen molar-refractivity contribution in [3.8, 4) is 0 Å². The largest absolute Gasteiger partial charge is 0.383 e. The third-order valence-electron chi connectivity index (χ3n) is 4.93. The van der Waals surface area contributed by atoms with E-state index in [1.807, 2.05) is 6.07 Å². The van der Waals surface area contributed by atoms with Gasteiger partial charge >= 0.3 is 0 Å². The normalized spacial score (nSPS) is 20.6. The molecule has 0 radical (unpaired) electrons. The SMILES string of the molecule is COCCNc1nc2ccccn2c(=O)c1/C=C1\SC(=S)N(C[C@H]2CCCO2)C1=O. The molecule has 158 valence electrons. The number of thioether (sulfide) groups is 1. The maximum Gasteiger partial charge on any atom is 0.267 e. The highest BCUT2D eigenvalue weighted by Crippen LogP contribution is 2.34. The van der Waals surface area contributed by atoms with E-state index >= 15 is 0 Å². The summed E-state index contributed by atoms with van der Waals surface area (Å²) < 4.78 is 12.7. The minimum absolute atomic E-state index is 0.00563. The Bertz CT molecular complexity index is 1060. The van der Waals surface area contributed by atoms with Gasteiger partial charge in [-0.3, -0.25) is 18.9 Å². The monoisotopic (exact) mass is 446 g/mol. The Morgan fingerprint density at radius 3 is 3.07 bits per heavy atom. The Labute approximate surface area is 183 Å². The first kappa shape index (κ1) is 21.0. The minimum Gasteiger partial charge on any atom is -0.383 e. The first-order chi connectivity index (χ1) is 14.6. The second-order valence-corrected chi connectivity index (χ2v) is 8.63. The van der Waals surface area contributed by atoms with Crippen molar-refractivity contribution in [2.75, 3.05) is 38.7 Å². The lowest BCUT2D eigenvalue weighted by molar-refractivity contribution is -0.123.